The minimum absolute atomic E-state index is 0.0265. The topological polar surface area (TPSA) is 17.1 Å². The molecule has 0 radical (unpaired) electrons. The summed E-state index contributed by atoms with van der Waals surface area (Å²) in [4.78, 5) is 0. The van der Waals surface area contributed by atoms with E-state index < -0.39 is 0 Å². The molecule has 2 heteroatoms. The fourth-order valence-electron chi connectivity index (χ4n) is 2.57. The van der Waals surface area contributed by atoms with Gasteiger partial charge < -0.3 is 0 Å². The zero-order valence-electron chi connectivity index (χ0n) is 11.8. The van der Waals surface area contributed by atoms with Crippen molar-refractivity contribution in [3.8, 4) is 0 Å². The molecule has 0 aromatic carbocycles. The summed E-state index contributed by atoms with van der Waals surface area (Å²) in [6.45, 7) is 11.2. The van der Waals surface area contributed by atoms with Gasteiger partial charge in [-0.2, -0.15) is 0 Å². The highest BCUT2D eigenvalue weighted by molar-refractivity contribution is 7.26. The molecule has 2 atom stereocenters. The maximum atomic E-state index is 11.7. The second-order valence-corrected chi connectivity index (χ2v) is 6.17. The molecule has 0 saturated carbocycles. The first-order valence-electron chi connectivity index (χ1n) is 6.93. The van der Waals surface area contributed by atoms with Crippen LogP contribution in [0.4, 0.5) is 0 Å². The van der Waals surface area contributed by atoms with Gasteiger partial charge in [-0.1, -0.05) is 66.7 Å². The summed E-state index contributed by atoms with van der Waals surface area (Å²) in [5, 5.41) is 0.0265. The van der Waals surface area contributed by atoms with Crippen molar-refractivity contribution in [2.75, 3.05) is 0 Å². The lowest BCUT2D eigenvalue weighted by atomic mass is 9.76. The second-order valence-electron chi connectivity index (χ2n) is 5.16. The predicted molar refractivity (Wildman–Crippen MR) is 73.4 cm³/mol. The SMILES string of the molecule is CCCCCC(P=O)(C(C)CC)C(C)CC. The smallest absolute Gasteiger partial charge is 0.162 e. The second kappa shape index (κ2) is 8.23. The zero-order chi connectivity index (χ0) is 12.6. The Bertz CT molecular complexity index is 181. The van der Waals surface area contributed by atoms with E-state index in [1.807, 2.05) is 0 Å². The Morgan fingerprint density at radius 1 is 1.00 bits per heavy atom. The van der Waals surface area contributed by atoms with Crippen LogP contribution in [0.2, 0.25) is 0 Å². The molecule has 0 rings (SSSR count). The van der Waals surface area contributed by atoms with Crippen molar-refractivity contribution in [3.05, 3.63) is 0 Å². The van der Waals surface area contributed by atoms with Crippen LogP contribution >= 0.6 is 8.46 Å². The van der Waals surface area contributed by atoms with Crippen LogP contribution in [0.25, 0.3) is 0 Å². The molecule has 16 heavy (non-hydrogen) atoms. The van der Waals surface area contributed by atoms with Gasteiger partial charge in [-0.05, 0) is 18.3 Å². The average molecular weight is 244 g/mol. The van der Waals surface area contributed by atoms with Crippen LogP contribution in [0.3, 0.4) is 0 Å². The van der Waals surface area contributed by atoms with Gasteiger partial charge >= 0.3 is 0 Å². The number of hydrogen-bond donors (Lipinski definition) is 0. The molecule has 96 valence electrons. The summed E-state index contributed by atoms with van der Waals surface area (Å²) in [6.07, 6.45) is 7.12. The van der Waals surface area contributed by atoms with Crippen LogP contribution in [0, 0.1) is 11.8 Å². The molecule has 0 aromatic rings. The highest BCUT2D eigenvalue weighted by atomic mass is 31.1. The fourth-order valence-corrected chi connectivity index (χ4v) is 3.54. The molecule has 0 fully saturated rings. The minimum Gasteiger partial charge on any atom is -0.274 e. The van der Waals surface area contributed by atoms with Crippen molar-refractivity contribution < 1.29 is 4.57 Å². The zero-order valence-corrected chi connectivity index (χ0v) is 12.6. The molecule has 0 saturated heterocycles. The molecular weight excluding hydrogens is 215 g/mol. The van der Waals surface area contributed by atoms with E-state index in [4.69, 9.17) is 0 Å². The molecule has 0 aliphatic rings. The molecule has 0 aliphatic heterocycles. The fraction of sp³-hybridized carbons (Fsp3) is 1.00. The van der Waals surface area contributed by atoms with Gasteiger partial charge in [-0.15, -0.1) is 0 Å². The average Bonchev–Trinajstić information content (AvgIpc) is 2.33. The van der Waals surface area contributed by atoms with E-state index in [0.717, 1.165) is 19.3 Å². The molecule has 0 N–H and O–H groups in total. The monoisotopic (exact) mass is 244 g/mol. The highest BCUT2D eigenvalue weighted by Gasteiger charge is 2.40. The molecule has 0 amide bonds. The largest absolute Gasteiger partial charge is 0.274 e. The van der Waals surface area contributed by atoms with Gasteiger partial charge in [0.25, 0.3) is 0 Å². The number of rotatable bonds is 9. The third-order valence-corrected chi connectivity index (χ3v) is 5.73. The molecule has 1 nitrogen and oxygen atoms in total. The molecule has 0 bridgehead atoms. The van der Waals surface area contributed by atoms with Gasteiger partial charge in [0.2, 0.25) is 0 Å². The highest BCUT2D eigenvalue weighted by Crippen LogP contribution is 2.45. The Morgan fingerprint density at radius 2 is 1.50 bits per heavy atom. The maximum Gasteiger partial charge on any atom is 0.162 e. The molecular formula is C14H29OP. The van der Waals surface area contributed by atoms with Crippen LogP contribution < -0.4 is 0 Å². The van der Waals surface area contributed by atoms with E-state index in [1.54, 1.807) is 0 Å². The van der Waals surface area contributed by atoms with E-state index in [9.17, 15) is 4.57 Å². The van der Waals surface area contributed by atoms with Crippen molar-refractivity contribution in [2.24, 2.45) is 11.8 Å². The Kier molecular flexibility index (Phi) is 8.28. The first-order chi connectivity index (χ1) is 7.58. The van der Waals surface area contributed by atoms with Gasteiger partial charge in [0.05, 0.1) is 5.16 Å². The van der Waals surface area contributed by atoms with Crippen LogP contribution in [0.5, 0.6) is 0 Å². The normalized spacial score (nSPS) is 19.3. The summed E-state index contributed by atoms with van der Waals surface area (Å²) >= 11 is 0. The Labute approximate surface area is 104 Å². The Balaban J connectivity index is 4.74. The molecule has 0 spiro atoms. The lowest BCUT2D eigenvalue weighted by Crippen LogP contribution is -2.37. The Hall–Kier alpha value is 0.100. The van der Waals surface area contributed by atoms with Crippen LogP contribution in [-0.4, -0.2) is 5.16 Å². The van der Waals surface area contributed by atoms with Gasteiger partial charge in [0.15, 0.2) is 8.46 Å². The van der Waals surface area contributed by atoms with Crippen molar-refractivity contribution in [2.45, 2.75) is 78.3 Å². The molecule has 0 heterocycles. The van der Waals surface area contributed by atoms with Crippen LogP contribution in [-0.2, 0) is 4.57 Å². The first kappa shape index (κ1) is 16.1. The predicted octanol–water partition coefficient (Wildman–Crippen LogP) is 5.69. The van der Waals surface area contributed by atoms with E-state index >= 15 is 0 Å². The summed E-state index contributed by atoms with van der Waals surface area (Å²) in [5.74, 6) is 1.11. The summed E-state index contributed by atoms with van der Waals surface area (Å²) < 4.78 is 11.7. The standard InChI is InChI=1S/C14H29OP/c1-6-9-10-11-14(16-15,12(4)7-2)13(5)8-3/h12-13H,6-11H2,1-5H3. The van der Waals surface area contributed by atoms with Crippen molar-refractivity contribution in [1.82, 2.24) is 0 Å². The van der Waals surface area contributed by atoms with Crippen molar-refractivity contribution >= 4 is 8.46 Å². The lowest BCUT2D eigenvalue weighted by Gasteiger charge is -2.38. The van der Waals surface area contributed by atoms with Gasteiger partial charge in [-0.3, -0.25) is 4.57 Å². The van der Waals surface area contributed by atoms with Crippen molar-refractivity contribution in [1.29, 1.82) is 0 Å². The van der Waals surface area contributed by atoms with Crippen LogP contribution in [0.15, 0.2) is 0 Å². The number of unbranched alkanes of at least 4 members (excludes halogenated alkanes) is 2. The van der Waals surface area contributed by atoms with Crippen LogP contribution in [0.1, 0.15) is 73.1 Å². The summed E-state index contributed by atoms with van der Waals surface area (Å²) in [6, 6.07) is 0. The van der Waals surface area contributed by atoms with Gasteiger partial charge in [-0.25, -0.2) is 0 Å². The van der Waals surface area contributed by atoms with E-state index in [1.165, 1.54) is 19.3 Å². The quantitative estimate of drug-likeness (QED) is 0.376. The Morgan fingerprint density at radius 3 is 1.81 bits per heavy atom. The van der Waals surface area contributed by atoms with E-state index in [-0.39, 0.29) is 5.16 Å². The van der Waals surface area contributed by atoms with E-state index in [0.29, 0.717) is 20.3 Å². The minimum atomic E-state index is 0.0265. The molecule has 0 aromatic heterocycles. The van der Waals surface area contributed by atoms with Crippen molar-refractivity contribution in [3.63, 3.8) is 0 Å². The summed E-state index contributed by atoms with van der Waals surface area (Å²) in [5.41, 5.74) is 0. The maximum absolute atomic E-state index is 11.7. The van der Waals surface area contributed by atoms with E-state index in [2.05, 4.69) is 34.6 Å². The number of hydrogen-bond acceptors (Lipinski definition) is 1. The third-order valence-electron chi connectivity index (χ3n) is 4.28. The lowest BCUT2D eigenvalue weighted by molar-refractivity contribution is 0.254. The van der Waals surface area contributed by atoms with Gasteiger partial charge in [0, 0.05) is 0 Å². The van der Waals surface area contributed by atoms with Gasteiger partial charge in [0.1, 0.15) is 0 Å². The first-order valence-corrected chi connectivity index (χ1v) is 7.74. The molecule has 0 aliphatic carbocycles. The molecule has 2 unspecified atom stereocenters. The summed E-state index contributed by atoms with van der Waals surface area (Å²) in [7, 11) is 0.369. The third kappa shape index (κ3) is 3.84.